The molecular formula is C16H12BrF3N2O. The fraction of sp³-hybridized carbons (Fsp3) is 0.125. The van der Waals surface area contributed by atoms with Gasteiger partial charge in [-0.2, -0.15) is 18.3 Å². The van der Waals surface area contributed by atoms with Crippen molar-refractivity contribution in [3.8, 4) is 0 Å². The minimum atomic E-state index is -4.48. The van der Waals surface area contributed by atoms with Gasteiger partial charge in [-0.25, -0.2) is 5.43 Å². The van der Waals surface area contributed by atoms with E-state index in [-0.39, 0.29) is 5.56 Å². The summed E-state index contributed by atoms with van der Waals surface area (Å²) >= 11 is 3.31. The lowest BCUT2D eigenvalue weighted by Crippen LogP contribution is -2.18. The van der Waals surface area contributed by atoms with Crippen LogP contribution in [0, 0.1) is 6.92 Å². The summed E-state index contributed by atoms with van der Waals surface area (Å²) in [5.41, 5.74) is 2.60. The van der Waals surface area contributed by atoms with Crippen LogP contribution in [-0.2, 0) is 6.18 Å². The average molecular weight is 385 g/mol. The Bertz CT molecular complexity index is 757. The molecule has 2 aromatic carbocycles. The van der Waals surface area contributed by atoms with Gasteiger partial charge < -0.3 is 0 Å². The molecule has 0 atom stereocenters. The van der Waals surface area contributed by atoms with Gasteiger partial charge in [-0.1, -0.05) is 40.2 Å². The van der Waals surface area contributed by atoms with E-state index in [1.54, 1.807) is 18.2 Å². The van der Waals surface area contributed by atoms with Gasteiger partial charge in [0.2, 0.25) is 0 Å². The van der Waals surface area contributed by atoms with Crippen molar-refractivity contribution in [2.45, 2.75) is 13.1 Å². The third-order valence-corrected chi connectivity index (χ3v) is 3.92. The Labute approximate surface area is 139 Å². The summed E-state index contributed by atoms with van der Waals surface area (Å²) in [6.45, 7) is 1.87. The smallest absolute Gasteiger partial charge is 0.267 e. The van der Waals surface area contributed by atoms with Crippen molar-refractivity contribution in [1.29, 1.82) is 0 Å². The topological polar surface area (TPSA) is 41.5 Å². The first kappa shape index (κ1) is 17.2. The zero-order valence-electron chi connectivity index (χ0n) is 12.0. The van der Waals surface area contributed by atoms with Crippen LogP contribution in [0.1, 0.15) is 27.0 Å². The van der Waals surface area contributed by atoms with Gasteiger partial charge in [-0.15, -0.1) is 0 Å². The second-order valence-electron chi connectivity index (χ2n) is 4.75. The molecule has 0 fully saturated rings. The molecule has 0 saturated heterocycles. The van der Waals surface area contributed by atoms with Crippen molar-refractivity contribution in [1.82, 2.24) is 5.43 Å². The highest BCUT2D eigenvalue weighted by atomic mass is 79.9. The van der Waals surface area contributed by atoms with Gasteiger partial charge >= 0.3 is 6.18 Å². The molecule has 23 heavy (non-hydrogen) atoms. The van der Waals surface area contributed by atoms with Crippen molar-refractivity contribution in [3.05, 3.63) is 69.2 Å². The molecule has 0 heterocycles. The molecule has 0 bridgehead atoms. The van der Waals surface area contributed by atoms with Crippen LogP contribution in [0.3, 0.4) is 0 Å². The van der Waals surface area contributed by atoms with Crippen LogP contribution in [0.15, 0.2) is 52.0 Å². The molecule has 0 spiro atoms. The van der Waals surface area contributed by atoms with Gasteiger partial charge in [-0.3, -0.25) is 4.79 Å². The molecule has 0 aliphatic heterocycles. The Kier molecular flexibility index (Phi) is 5.20. The number of rotatable bonds is 3. The summed E-state index contributed by atoms with van der Waals surface area (Å²) in [5, 5.41) is 3.60. The van der Waals surface area contributed by atoms with E-state index in [1.807, 2.05) is 6.92 Å². The molecule has 7 heteroatoms. The SMILES string of the molecule is Cc1ccc(C(=O)NN=Cc2ccccc2C(F)(F)F)cc1Br. The summed E-state index contributed by atoms with van der Waals surface area (Å²) in [5.74, 6) is -0.508. The number of alkyl halides is 3. The number of benzene rings is 2. The maximum Gasteiger partial charge on any atom is 0.417 e. The van der Waals surface area contributed by atoms with Gasteiger partial charge in [0.1, 0.15) is 0 Å². The molecule has 0 saturated carbocycles. The lowest BCUT2D eigenvalue weighted by atomic mass is 10.1. The highest BCUT2D eigenvalue weighted by Crippen LogP contribution is 2.31. The fourth-order valence-corrected chi connectivity index (χ4v) is 2.21. The Balaban J connectivity index is 2.13. The Morgan fingerprint density at radius 3 is 2.57 bits per heavy atom. The predicted molar refractivity (Wildman–Crippen MR) is 85.4 cm³/mol. The fourth-order valence-electron chi connectivity index (χ4n) is 1.83. The van der Waals surface area contributed by atoms with Crippen molar-refractivity contribution < 1.29 is 18.0 Å². The zero-order chi connectivity index (χ0) is 17.0. The maximum atomic E-state index is 12.8. The molecule has 2 rings (SSSR count). The molecule has 0 aromatic heterocycles. The minimum Gasteiger partial charge on any atom is -0.267 e. The van der Waals surface area contributed by atoms with E-state index in [0.29, 0.717) is 5.56 Å². The lowest BCUT2D eigenvalue weighted by Gasteiger charge is -2.09. The maximum absolute atomic E-state index is 12.8. The van der Waals surface area contributed by atoms with Crippen LogP contribution >= 0.6 is 15.9 Å². The number of nitrogens with zero attached hydrogens (tertiary/aromatic N) is 1. The second-order valence-corrected chi connectivity index (χ2v) is 5.60. The molecular weight excluding hydrogens is 373 g/mol. The quantitative estimate of drug-likeness (QED) is 0.612. The van der Waals surface area contributed by atoms with E-state index in [2.05, 4.69) is 26.5 Å². The number of aryl methyl sites for hydroxylation is 1. The second kappa shape index (κ2) is 6.95. The predicted octanol–water partition coefficient (Wildman–Crippen LogP) is 4.54. The molecule has 120 valence electrons. The highest BCUT2D eigenvalue weighted by Gasteiger charge is 2.32. The Hall–Kier alpha value is -2.15. The minimum absolute atomic E-state index is 0.120. The number of nitrogens with one attached hydrogen (secondary N) is 1. The van der Waals surface area contributed by atoms with E-state index < -0.39 is 17.6 Å². The van der Waals surface area contributed by atoms with Crippen LogP contribution in [-0.4, -0.2) is 12.1 Å². The van der Waals surface area contributed by atoms with Crippen molar-refractivity contribution in [2.75, 3.05) is 0 Å². The summed E-state index contributed by atoms with van der Waals surface area (Å²) < 4.78 is 39.2. The van der Waals surface area contributed by atoms with E-state index in [0.717, 1.165) is 22.3 Å². The summed E-state index contributed by atoms with van der Waals surface area (Å²) in [4.78, 5) is 11.9. The first-order chi connectivity index (χ1) is 10.8. The van der Waals surface area contributed by atoms with Gasteiger partial charge in [0, 0.05) is 15.6 Å². The van der Waals surface area contributed by atoms with Crippen LogP contribution < -0.4 is 5.43 Å². The monoisotopic (exact) mass is 384 g/mol. The average Bonchev–Trinajstić information content (AvgIpc) is 2.49. The third kappa shape index (κ3) is 4.41. The zero-order valence-corrected chi connectivity index (χ0v) is 13.6. The van der Waals surface area contributed by atoms with Crippen LogP contribution in [0.25, 0.3) is 0 Å². The van der Waals surface area contributed by atoms with Crippen LogP contribution in [0.4, 0.5) is 13.2 Å². The van der Waals surface area contributed by atoms with Gasteiger partial charge in [0.15, 0.2) is 0 Å². The van der Waals surface area contributed by atoms with Crippen molar-refractivity contribution in [3.63, 3.8) is 0 Å². The van der Waals surface area contributed by atoms with Gasteiger partial charge in [0.25, 0.3) is 5.91 Å². The van der Waals surface area contributed by atoms with E-state index in [9.17, 15) is 18.0 Å². The van der Waals surface area contributed by atoms with Gasteiger partial charge in [0.05, 0.1) is 11.8 Å². The molecule has 0 unspecified atom stereocenters. The molecule has 0 aliphatic rings. The third-order valence-electron chi connectivity index (χ3n) is 3.07. The first-order valence-corrected chi connectivity index (χ1v) is 7.34. The molecule has 1 N–H and O–H groups in total. The van der Waals surface area contributed by atoms with Crippen LogP contribution in [0.5, 0.6) is 0 Å². The van der Waals surface area contributed by atoms with Crippen molar-refractivity contribution >= 4 is 28.1 Å². The van der Waals surface area contributed by atoms with E-state index >= 15 is 0 Å². The number of amides is 1. The number of carbonyl (C=O) groups is 1. The molecule has 0 radical (unpaired) electrons. The summed E-state index contributed by atoms with van der Waals surface area (Å²) in [7, 11) is 0. The molecule has 3 nitrogen and oxygen atoms in total. The number of carbonyl (C=O) groups excluding carboxylic acids is 1. The number of hydrogen-bond acceptors (Lipinski definition) is 2. The molecule has 1 amide bonds. The summed E-state index contributed by atoms with van der Waals surface area (Å²) in [6.07, 6.45) is -3.50. The van der Waals surface area contributed by atoms with E-state index in [4.69, 9.17) is 0 Å². The molecule has 0 aliphatic carbocycles. The standard InChI is InChI=1S/C16H12BrF3N2O/c1-10-6-7-11(8-14(10)17)15(23)22-21-9-12-4-2-3-5-13(12)16(18,19)20/h2-9H,1H3,(H,22,23). The highest BCUT2D eigenvalue weighted by molar-refractivity contribution is 9.10. The number of hydrazone groups is 1. The number of halogens is 4. The van der Waals surface area contributed by atoms with Crippen molar-refractivity contribution in [2.24, 2.45) is 5.10 Å². The van der Waals surface area contributed by atoms with Gasteiger partial charge in [-0.05, 0) is 30.7 Å². The first-order valence-electron chi connectivity index (χ1n) is 6.55. The van der Waals surface area contributed by atoms with E-state index in [1.165, 1.54) is 18.2 Å². The number of hydrogen-bond donors (Lipinski definition) is 1. The Morgan fingerprint density at radius 2 is 1.91 bits per heavy atom. The summed E-state index contributed by atoms with van der Waals surface area (Å²) in [6, 6.07) is 9.97. The lowest BCUT2D eigenvalue weighted by molar-refractivity contribution is -0.137. The largest absolute Gasteiger partial charge is 0.417 e. The normalized spacial score (nSPS) is 11.7. The molecule has 2 aromatic rings. The van der Waals surface area contributed by atoms with Crippen LogP contribution in [0.2, 0.25) is 0 Å². The Morgan fingerprint density at radius 1 is 1.22 bits per heavy atom.